The Labute approximate surface area is 145 Å². The first kappa shape index (κ1) is 15.2. The van der Waals surface area contributed by atoms with E-state index in [1.165, 1.54) is 5.69 Å². The molecule has 0 bridgehead atoms. The van der Waals surface area contributed by atoms with E-state index in [0.29, 0.717) is 0 Å². The molecular formula is C18H18N5S. The summed E-state index contributed by atoms with van der Waals surface area (Å²) in [6.07, 6.45) is 6.81. The minimum absolute atomic E-state index is 0.850. The Morgan fingerprint density at radius 3 is 2.46 bits per heavy atom. The topological polar surface area (TPSA) is 45.2 Å². The molecule has 0 N–H and O–H groups in total. The highest BCUT2D eigenvalue weighted by atomic mass is 32.1. The van der Waals surface area contributed by atoms with Crippen molar-refractivity contribution in [1.82, 2.24) is 19.9 Å². The zero-order chi connectivity index (χ0) is 16.4. The van der Waals surface area contributed by atoms with Crippen molar-refractivity contribution in [3.8, 4) is 22.0 Å². The maximum absolute atomic E-state index is 4.60. The van der Waals surface area contributed by atoms with E-state index in [1.807, 2.05) is 29.8 Å². The number of hydrogen-bond donors (Lipinski definition) is 0. The first-order chi connectivity index (χ1) is 11.8. The molecule has 6 heteroatoms. The third-order valence-electron chi connectivity index (χ3n) is 4.25. The quantitative estimate of drug-likeness (QED) is 0.736. The predicted octanol–water partition coefficient (Wildman–Crippen LogP) is 2.82. The van der Waals surface area contributed by atoms with Crippen LogP contribution in [0.1, 0.15) is 0 Å². The van der Waals surface area contributed by atoms with Gasteiger partial charge in [-0.05, 0) is 31.3 Å². The van der Waals surface area contributed by atoms with Crippen molar-refractivity contribution in [3.05, 3.63) is 48.2 Å². The summed E-state index contributed by atoms with van der Waals surface area (Å²) in [7, 11) is 2.16. The number of piperazine rings is 1. The van der Waals surface area contributed by atoms with Gasteiger partial charge in [0.2, 0.25) is 0 Å². The second-order valence-electron chi connectivity index (χ2n) is 5.89. The molecule has 4 heterocycles. The lowest BCUT2D eigenvalue weighted by molar-refractivity contribution is 0.313. The van der Waals surface area contributed by atoms with Gasteiger partial charge >= 0.3 is 0 Å². The fourth-order valence-corrected chi connectivity index (χ4v) is 3.37. The number of nitrogens with zero attached hydrogens (tertiary/aromatic N) is 5. The Morgan fingerprint density at radius 2 is 1.83 bits per heavy atom. The molecule has 1 saturated heterocycles. The molecule has 1 aliphatic rings. The van der Waals surface area contributed by atoms with Crippen LogP contribution in [-0.4, -0.2) is 53.1 Å². The van der Waals surface area contributed by atoms with E-state index in [2.05, 4.69) is 44.1 Å². The number of hydrogen-bond acceptors (Lipinski definition) is 6. The zero-order valence-corrected chi connectivity index (χ0v) is 14.3. The van der Waals surface area contributed by atoms with E-state index in [1.54, 1.807) is 17.5 Å². The summed E-state index contributed by atoms with van der Waals surface area (Å²) < 4.78 is 0. The van der Waals surface area contributed by atoms with Gasteiger partial charge in [-0.25, -0.2) is 9.97 Å². The Bertz CT molecular complexity index is 775. The molecule has 0 spiro atoms. The van der Waals surface area contributed by atoms with Crippen LogP contribution in [0.25, 0.3) is 22.0 Å². The Kier molecular flexibility index (Phi) is 4.23. The van der Waals surface area contributed by atoms with Crippen molar-refractivity contribution in [2.45, 2.75) is 0 Å². The van der Waals surface area contributed by atoms with Gasteiger partial charge in [0, 0.05) is 43.3 Å². The molecule has 0 aliphatic carbocycles. The summed E-state index contributed by atoms with van der Waals surface area (Å²) in [6.45, 7) is 4.29. The first-order valence-corrected chi connectivity index (χ1v) is 8.86. The van der Waals surface area contributed by atoms with Gasteiger partial charge in [0.15, 0.2) is 0 Å². The number of thiazole rings is 1. The standard InChI is InChI=1S/C18H18N5S/c1-22-7-9-23(10-8-22)15-3-5-16(21-13-15)14-2-4-17(20-12-14)18-19-6-11-24-18/h2-6,11,13H,7-10H2,1H3. The SMILES string of the molecule is CN1CCN(c2ccc(-c3[c]nc(-c4nccs4)cc3)nc2)CC1. The molecule has 1 radical (unpaired) electrons. The second-order valence-corrected chi connectivity index (χ2v) is 6.78. The van der Waals surface area contributed by atoms with Crippen LogP contribution in [0.5, 0.6) is 0 Å². The highest BCUT2D eigenvalue weighted by Crippen LogP contribution is 2.24. The summed E-state index contributed by atoms with van der Waals surface area (Å²) in [4.78, 5) is 18.0. The van der Waals surface area contributed by atoms with Gasteiger partial charge in [-0.15, -0.1) is 11.3 Å². The van der Waals surface area contributed by atoms with E-state index in [4.69, 9.17) is 0 Å². The van der Waals surface area contributed by atoms with E-state index in [0.717, 1.165) is 48.1 Å². The molecule has 3 aromatic rings. The van der Waals surface area contributed by atoms with Crippen LogP contribution in [0.4, 0.5) is 5.69 Å². The maximum atomic E-state index is 4.60. The molecular weight excluding hydrogens is 318 g/mol. The fraction of sp³-hybridized carbons (Fsp3) is 0.278. The van der Waals surface area contributed by atoms with Crippen LogP contribution in [0.15, 0.2) is 42.0 Å². The Balaban J connectivity index is 1.50. The minimum Gasteiger partial charge on any atom is -0.368 e. The van der Waals surface area contributed by atoms with Gasteiger partial charge in [-0.3, -0.25) is 4.98 Å². The summed E-state index contributed by atoms with van der Waals surface area (Å²) in [5, 5.41) is 2.86. The molecule has 0 atom stereocenters. The Hall–Kier alpha value is -2.31. The molecule has 0 aromatic carbocycles. The Morgan fingerprint density at radius 1 is 1.00 bits per heavy atom. The normalized spacial score (nSPS) is 15.6. The van der Waals surface area contributed by atoms with Crippen molar-refractivity contribution < 1.29 is 0 Å². The monoisotopic (exact) mass is 336 g/mol. The molecule has 5 nitrogen and oxygen atoms in total. The van der Waals surface area contributed by atoms with Gasteiger partial charge < -0.3 is 9.80 Å². The van der Waals surface area contributed by atoms with Crippen molar-refractivity contribution in [2.24, 2.45) is 0 Å². The van der Waals surface area contributed by atoms with Crippen LogP contribution in [0.3, 0.4) is 0 Å². The van der Waals surface area contributed by atoms with E-state index in [-0.39, 0.29) is 0 Å². The average Bonchev–Trinajstić information content (AvgIpc) is 3.17. The van der Waals surface area contributed by atoms with Gasteiger partial charge in [0.05, 0.1) is 29.5 Å². The number of rotatable bonds is 3. The molecule has 0 unspecified atom stereocenters. The number of likely N-dealkylation sites (N-methyl/N-ethyl adjacent to an activating group) is 1. The van der Waals surface area contributed by atoms with E-state index in [9.17, 15) is 0 Å². The van der Waals surface area contributed by atoms with Gasteiger partial charge in [-0.1, -0.05) is 0 Å². The molecule has 24 heavy (non-hydrogen) atoms. The third kappa shape index (κ3) is 3.16. The number of aromatic nitrogens is 3. The molecule has 121 valence electrons. The highest BCUT2D eigenvalue weighted by molar-refractivity contribution is 7.13. The second kappa shape index (κ2) is 6.67. The largest absolute Gasteiger partial charge is 0.368 e. The predicted molar refractivity (Wildman–Crippen MR) is 97.1 cm³/mol. The van der Waals surface area contributed by atoms with Gasteiger partial charge in [-0.2, -0.15) is 0 Å². The summed E-state index contributed by atoms with van der Waals surface area (Å²) in [6, 6.07) is 8.16. The molecule has 0 amide bonds. The van der Waals surface area contributed by atoms with Crippen LogP contribution < -0.4 is 4.90 Å². The summed E-state index contributed by atoms with van der Waals surface area (Å²) >= 11 is 1.58. The van der Waals surface area contributed by atoms with Crippen molar-refractivity contribution in [3.63, 3.8) is 0 Å². The zero-order valence-electron chi connectivity index (χ0n) is 13.5. The fourth-order valence-electron chi connectivity index (χ4n) is 2.77. The third-order valence-corrected chi connectivity index (χ3v) is 5.04. The van der Waals surface area contributed by atoms with Crippen LogP contribution >= 0.6 is 11.3 Å². The lowest BCUT2D eigenvalue weighted by Crippen LogP contribution is -2.44. The van der Waals surface area contributed by atoms with Crippen LogP contribution in [0.2, 0.25) is 0 Å². The number of anilines is 1. The van der Waals surface area contributed by atoms with Gasteiger partial charge in [0.25, 0.3) is 0 Å². The summed E-state index contributed by atoms with van der Waals surface area (Å²) in [5.41, 5.74) is 3.83. The molecule has 3 aromatic heterocycles. The van der Waals surface area contributed by atoms with Crippen molar-refractivity contribution in [2.75, 3.05) is 38.1 Å². The first-order valence-electron chi connectivity index (χ1n) is 7.98. The molecule has 4 rings (SSSR count). The summed E-state index contributed by atoms with van der Waals surface area (Å²) in [5.74, 6) is 0. The lowest BCUT2D eigenvalue weighted by atomic mass is 10.1. The highest BCUT2D eigenvalue weighted by Gasteiger charge is 2.14. The van der Waals surface area contributed by atoms with Gasteiger partial charge in [0.1, 0.15) is 5.01 Å². The van der Waals surface area contributed by atoms with Crippen LogP contribution in [-0.2, 0) is 0 Å². The molecule has 1 aliphatic heterocycles. The molecule has 0 saturated carbocycles. The minimum atomic E-state index is 0.850. The smallest absolute Gasteiger partial charge is 0.141 e. The van der Waals surface area contributed by atoms with E-state index < -0.39 is 0 Å². The van der Waals surface area contributed by atoms with Crippen LogP contribution in [0, 0.1) is 6.20 Å². The van der Waals surface area contributed by atoms with Crippen molar-refractivity contribution >= 4 is 17.0 Å². The van der Waals surface area contributed by atoms with Crippen molar-refractivity contribution in [1.29, 1.82) is 0 Å². The number of pyridine rings is 2. The lowest BCUT2D eigenvalue weighted by Gasteiger charge is -2.33. The van der Waals surface area contributed by atoms with E-state index >= 15 is 0 Å². The molecule has 1 fully saturated rings. The average molecular weight is 336 g/mol. The maximum Gasteiger partial charge on any atom is 0.141 e.